The molecular weight excluding hydrogens is 616 g/mol. The van der Waals surface area contributed by atoms with Crippen LogP contribution in [0.1, 0.15) is 86.5 Å². The average Bonchev–Trinajstić information content (AvgIpc) is 3.56. The van der Waals surface area contributed by atoms with Crippen LogP contribution in [-0.4, -0.2) is 67.0 Å². The number of H-pyrrole nitrogens is 1. The van der Waals surface area contributed by atoms with Crippen LogP contribution in [0.4, 0.5) is 5.95 Å². The van der Waals surface area contributed by atoms with E-state index in [0.717, 1.165) is 32.1 Å². The van der Waals surface area contributed by atoms with Crippen LogP contribution in [0, 0.1) is 40.4 Å². The summed E-state index contributed by atoms with van der Waals surface area (Å²) in [5.74, 6) is 1.82. The molecule has 0 spiro atoms. The molecule has 0 unspecified atom stereocenters. The van der Waals surface area contributed by atoms with Crippen molar-refractivity contribution in [2.24, 2.45) is 46.2 Å². The number of carbonyl (C=O) groups is 3. The fourth-order valence-electron chi connectivity index (χ4n) is 9.38. The van der Waals surface area contributed by atoms with Crippen molar-refractivity contribution in [3.05, 3.63) is 28.3 Å². The van der Waals surface area contributed by atoms with Crippen LogP contribution in [-0.2, 0) is 30.6 Å². The SMILES string of the molecule is CC(=O)[C@@]1(O)CC[C@H]2[C@@H]3C[C@H](C)C4=CC(=O)CC[C@]4(C)[C@H]3CC[C@@]21C.CC(C)[C@H](N)C(=O)OCCOCn1cnc2c(=O)[nH]c(N)nc21. The average molecular weight is 669 g/mol. The maximum absolute atomic E-state index is 12.3. The molecule has 0 saturated heterocycles. The van der Waals surface area contributed by atoms with Crippen molar-refractivity contribution in [3.63, 3.8) is 0 Å². The zero-order valence-corrected chi connectivity index (χ0v) is 29.1. The summed E-state index contributed by atoms with van der Waals surface area (Å²) in [5, 5.41) is 11.2. The first-order chi connectivity index (χ1) is 22.5. The van der Waals surface area contributed by atoms with E-state index in [2.05, 4.69) is 35.7 Å². The lowest BCUT2D eigenvalue weighted by Crippen LogP contribution is -2.57. The number of esters is 1. The van der Waals surface area contributed by atoms with Crippen molar-refractivity contribution >= 4 is 34.6 Å². The number of nitrogens with one attached hydrogen (secondary N) is 1. The summed E-state index contributed by atoms with van der Waals surface area (Å²) >= 11 is 0. The molecule has 48 heavy (non-hydrogen) atoms. The molecule has 6 rings (SSSR count). The minimum atomic E-state index is -1.13. The Morgan fingerprint density at radius 3 is 2.54 bits per heavy atom. The highest BCUT2D eigenvalue weighted by molar-refractivity contribution is 5.91. The first-order valence-electron chi connectivity index (χ1n) is 17.2. The van der Waals surface area contributed by atoms with Crippen LogP contribution in [0.25, 0.3) is 11.2 Å². The van der Waals surface area contributed by atoms with Crippen LogP contribution in [0.15, 0.2) is 22.8 Å². The topological polar surface area (TPSA) is 206 Å². The van der Waals surface area contributed by atoms with Crippen LogP contribution >= 0.6 is 0 Å². The number of carbonyl (C=O) groups excluding carboxylic acids is 3. The van der Waals surface area contributed by atoms with Crippen LogP contribution in [0.5, 0.6) is 0 Å². The number of aromatic nitrogens is 4. The Hall–Kier alpha value is -3.42. The summed E-state index contributed by atoms with van der Waals surface area (Å²) in [7, 11) is 0. The predicted molar refractivity (Wildman–Crippen MR) is 179 cm³/mol. The minimum absolute atomic E-state index is 0.000790. The molecule has 4 aliphatic carbocycles. The van der Waals surface area contributed by atoms with Gasteiger partial charge in [-0.05, 0) is 86.5 Å². The van der Waals surface area contributed by atoms with Crippen molar-refractivity contribution in [3.8, 4) is 0 Å². The number of allylic oxidation sites excluding steroid dienone is 1. The maximum atomic E-state index is 12.3. The normalized spacial score (nSPS) is 33.2. The zero-order valence-electron chi connectivity index (χ0n) is 29.1. The second kappa shape index (κ2) is 13.5. The van der Waals surface area contributed by atoms with Gasteiger partial charge in [-0.15, -0.1) is 0 Å². The first-order valence-corrected chi connectivity index (χ1v) is 17.2. The number of hydrogen-bond acceptors (Lipinski definition) is 11. The Kier molecular flexibility index (Phi) is 10.1. The third kappa shape index (κ3) is 6.24. The third-order valence-electron chi connectivity index (χ3n) is 12.2. The predicted octanol–water partition coefficient (Wildman–Crippen LogP) is 3.29. The van der Waals surface area contributed by atoms with E-state index in [4.69, 9.17) is 20.9 Å². The molecule has 3 fully saturated rings. The third-order valence-corrected chi connectivity index (χ3v) is 12.2. The molecule has 0 radical (unpaired) electrons. The molecule has 264 valence electrons. The van der Waals surface area contributed by atoms with Crippen LogP contribution in [0.3, 0.4) is 0 Å². The van der Waals surface area contributed by atoms with E-state index < -0.39 is 23.2 Å². The van der Waals surface area contributed by atoms with Gasteiger partial charge in [-0.3, -0.25) is 28.7 Å². The maximum Gasteiger partial charge on any atom is 0.323 e. The second-order valence-electron chi connectivity index (χ2n) is 15.2. The van der Waals surface area contributed by atoms with E-state index in [0.29, 0.717) is 47.9 Å². The van der Waals surface area contributed by atoms with Gasteiger partial charge in [0.05, 0.1) is 12.9 Å². The van der Waals surface area contributed by atoms with Gasteiger partial charge in [0.25, 0.3) is 5.56 Å². The molecule has 2 aromatic heterocycles. The minimum Gasteiger partial charge on any atom is -0.462 e. The van der Waals surface area contributed by atoms with Crippen molar-refractivity contribution < 1.29 is 29.0 Å². The Labute approximate surface area is 281 Å². The Morgan fingerprint density at radius 1 is 1.15 bits per heavy atom. The van der Waals surface area contributed by atoms with Crippen LogP contribution in [0.2, 0.25) is 0 Å². The lowest BCUT2D eigenvalue weighted by atomic mass is 9.45. The molecular formula is C35H52N6O7. The van der Waals surface area contributed by atoms with Gasteiger partial charge in [0.1, 0.15) is 25.0 Å². The highest BCUT2D eigenvalue weighted by Crippen LogP contribution is 2.68. The summed E-state index contributed by atoms with van der Waals surface area (Å²) in [6, 6.07) is -0.647. The van der Waals surface area contributed by atoms with E-state index in [-0.39, 0.29) is 53.9 Å². The molecule has 4 aliphatic rings. The Bertz CT molecular complexity index is 1650. The van der Waals surface area contributed by atoms with Crippen molar-refractivity contribution in [1.29, 1.82) is 0 Å². The Balaban J connectivity index is 0.000000189. The fraction of sp³-hybridized carbons (Fsp3) is 0.714. The number of ether oxygens (including phenoxy) is 2. The molecule has 2 aromatic rings. The van der Waals surface area contributed by atoms with Crippen LogP contribution < -0.4 is 17.0 Å². The van der Waals surface area contributed by atoms with Gasteiger partial charge >= 0.3 is 5.97 Å². The number of aromatic amines is 1. The number of Topliss-reactive ketones (excluding diaryl/α,β-unsaturated/α-hetero) is 1. The van der Waals surface area contributed by atoms with Gasteiger partial charge < -0.3 is 26.0 Å². The number of hydrogen-bond donors (Lipinski definition) is 4. The number of nitrogens with two attached hydrogens (primary N) is 2. The number of ketones is 2. The molecule has 0 aliphatic heterocycles. The molecule has 2 heterocycles. The molecule has 0 aromatic carbocycles. The highest BCUT2D eigenvalue weighted by atomic mass is 16.6. The fourth-order valence-corrected chi connectivity index (χ4v) is 9.38. The molecule has 6 N–H and O–H groups in total. The zero-order chi connectivity index (χ0) is 35.2. The number of fused-ring (bicyclic) bond motifs is 6. The summed E-state index contributed by atoms with van der Waals surface area (Å²) in [6.07, 6.45) is 9.73. The second-order valence-corrected chi connectivity index (χ2v) is 15.2. The van der Waals surface area contributed by atoms with E-state index >= 15 is 0 Å². The van der Waals surface area contributed by atoms with E-state index in [1.165, 1.54) is 16.5 Å². The quantitative estimate of drug-likeness (QED) is 0.237. The van der Waals surface area contributed by atoms with Gasteiger partial charge in [-0.2, -0.15) is 4.98 Å². The van der Waals surface area contributed by atoms with Crippen molar-refractivity contribution in [1.82, 2.24) is 19.5 Å². The number of rotatable bonds is 8. The number of nitrogen functional groups attached to an aromatic ring is 1. The smallest absolute Gasteiger partial charge is 0.323 e. The van der Waals surface area contributed by atoms with Gasteiger partial charge in [0, 0.05) is 11.8 Å². The Morgan fingerprint density at radius 2 is 1.85 bits per heavy atom. The lowest BCUT2D eigenvalue weighted by molar-refractivity contribution is -0.161. The van der Waals surface area contributed by atoms with Gasteiger partial charge in [0.2, 0.25) is 5.95 Å². The number of nitrogens with zero attached hydrogens (tertiary/aromatic N) is 3. The lowest BCUT2D eigenvalue weighted by Gasteiger charge is -2.60. The number of imidazole rings is 1. The van der Waals surface area contributed by atoms with E-state index in [1.807, 2.05) is 19.9 Å². The monoisotopic (exact) mass is 668 g/mol. The number of anilines is 1. The molecule has 13 heteroatoms. The largest absolute Gasteiger partial charge is 0.462 e. The highest BCUT2D eigenvalue weighted by Gasteiger charge is 2.66. The molecule has 3 saturated carbocycles. The molecule has 0 amide bonds. The first kappa shape index (κ1) is 35.9. The van der Waals surface area contributed by atoms with E-state index in [9.17, 15) is 24.3 Å². The van der Waals surface area contributed by atoms with Gasteiger partial charge in [0.15, 0.2) is 22.7 Å². The van der Waals surface area contributed by atoms with Gasteiger partial charge in [-0.25, -0.2) is 4.98 Å². The summed E-state index contributed by atoms with van der Waals surface area (Å²) in [4.78, 5) is 57.8. The van der Waals surface area contributed by atoms with Crippen molar-refractivity contribution in [2.75, 3.05) is 18.9 Å². The molecule has 8 atom stereocenters. The summed E-state index contributed by atoms with van der Waals surface area (Å²) in [6.45, 7) is 12.4. The standard InChI is InChI=1S/C22H32O3.C13H20N6O4/c1-13-11-16-17(20(3)8-5-15(24)12-19(13)20)6-9-21(4)18(16)7-10-22(21,25)14(2)23;1-7(2)8(14)12(21)23-4-3-22-6-19-5-16-9-10(19)17-13(15)18-11(9)20/h12-13,16-18,25H,5-11H2,1-4H3;5,7-8H,3-4,6,14H2,1-2H3,(H3,15,17,18,20)/t13-,16+,17-,18-,20+,21-,22-;8-/m00/s1. The molecule has 0 bridgehead atoms. The number of aliphatic hydroxyl groups is 1. The molecule has 13 nitrogen and oxygen atoms in total. The van der Waals surface area contributed by atoms with Crippen molar-refractivity contribution in [2.45, 2.75) is 105 Å². The summed E-state index contributed by atoms with van der Waals surface area (Å²) < 4.78 is 11.9. The van der Waals surface area contributed by atoms with Gasteiger partial charge in [-0.1, -0.05) is 40.2 Å². The summed E-state index contributed by atoms with van der Waals surface area (Å²) in [5.41, 5.74) is 11.4. The van der Waals surface area contributed by atoms with E-state index in [1.54, 1.807) is 6.92 Å².